The molecule has 2 heteroatoms. The Hall–Kier alpha value is -0.0800. The molecule has 0 aromatic carbocycles. The third-order valence-corrected chi connectivity index (χ3v) is 5.45. The molecule has 112 valence electrons. The van der Waals surface area contributed by atoms with E-state index in [1.54, 1.807) is 0 Å². The topological polar surface area (TPSA) is 15.3 Å². The predicted octanol–water partition coefficient (Wildman–Crippen LogP) is 3.67. The standard InChI is InChI=1S/C17H34N2/c1-16(2,3)14-7-9-15(10-8-14)19-12-6-11-18-13-17(19,4)5/h14-15,18H,6-13H2,1-5H3. The van der Waals surface area contributed by atoms with Crippen molar-refractivity contribution in [2.24, 2.45) is 11.3 Å². The minimum atomic E-state index is 0.329. The van der Waals surface area contributed by atoms with Crippen LogP contribution >= 0.6 is 0 Å². The van der Waals surface area contributed by atoms with Crippen molar-refractivity contribution in [2.45, 2.75) is 78.3 Å². The first-order valence-corrected chi connectivity index (χ1v) is 8.28. The Morgan fingerprint density at radius 1 is 1.05 bits per heavy atom. The maximum Gasteiger partial charge on any atom is 0.0280 e. The van der Waals surface area contributed by atoms with Gasteiger partial charge in [-0.3, -0.25) is 4.90 Å². The summed E-state index contributed by atoms with van der Waals surface area (Å²) in [5.74, 6) is 0.928. The molecule has 1 saturated heterocycles. The van der Waals surface area contributed by atoms with Gasteiger partial charge in [0.15, 0.2) is 0 Å². The van der Waals surface area contributed by atoms with E-state index in [-0.39, 0.29) is 0 Å². The van der Waals surface area contributed by atoms with Gasteiger partial charge in [-0.1, -0.05) is 20.8 Å². The number of nitrogens with one attached hydrogen (secondary N) is 1. The van der Waals surface area contributed by atoms with Gasteiger partial charge in [0.05, 0.1) is 0 Å². The van der Waals surface area contributed by atoms with E-state index in [2.05, 4.69) is 44.8 Å². The molecule has 0 radical (unpaired) electrons. The van der Waals surface area contributed by atoms with E-state index in [0.717, 1.165) is 18.5 Å². The van der Waals surface area contributed by atoms with Gasteiger partial charge >= 0.3 is 0 Å². The average Bonchev–Trinajstić information content (AvgIpc) is 2.49. The molecule has 1 aliphatic heterocycles. The maximum atomic E-state index is 3.60. The van der Waals surface area contributed by atoms with Gasteiger partial charge in [0.2, 0.25) is 0 Å². The van der Waals surface area contributed by atoms with Crippen LogP contribution in [0.1, 0.15) is 66.7 Å². The van der Waals surface area contributed by atoms with Crippen molar-refractivity contribution < 1.29 is 0 Å². The van der Waals surface area contributed by atoms with Crippen LogP contribution in [0.15, 0.2) is 0 Å². The van der Waals surface area contributed by atoms with E-state index >= 15 is 0 Å². The maximum absolute atomic E-state index is 3.60. The van der Waals surface area contributed by atoms with Crippen molar-refractivity contribution in [1.29, 1.82) is 0 Å². The molecular weight excluding hydrogens is 232 g/mol. The van der Waals surface area contributed by atoms with Crippen LogP contribution in [0.4, 0.5) is 0 Å². The van der Waals surface area contributed by atoms with E-state index in [1.807, 2.05) is 0 Å². The summed E-state index contributed by atoms with van der Waals surface area (Å²) in [6.45, 7) is 15.7. The summed E-state index contributed by atoms with van der Waals surface area (Å²) in [6.07, 6.45) is 6.97. The summed E-state index contributed by atoms with van der Waals surface area (Å²) in [5.41, 5.74) is 0.830. The lowest BCUT2D eigenvalue weighted by atomic mass is 9.71. The van der Waals surface area contributed by atoms with Gasteiger partial charge in [-0.25, -0.2) is 0 Å². The predicted molar refractivity (Wildman–Crippen MR) is 83.5 cm³/mol. The molecule has 0 bridgehead atoms. The fraction of sp³-hybridized carbons (Fsp3) is 1.00. The van der Waals surface area contributed by atoms with Gasteiger partial charge in [-0.05, 0) is 63.8 Å². The SMILES string of the molecule is CC(C)(C)C1CCC(N2CCCNCC2(C)C)CC1. The van der Waals surface area contributed by atoms with E-state index in [4.69, 9.17) is 0 Å². The van der Waals surface area contributed by atoms with Crippen LogP contribution in [0.5, 0.6) is 0 Å². The monoisotopic (exact) mass is 266 g/mol. The molecule has 2 rings (SSSR count). The highest BCUT2D eigenvalue weighted by molar-refractivity contribution is 4.93. The summed E-state index contributed by atoms with van der Waals surface area (Å²) in [6, 6.07) is 0.827. The molecule has 2 nitrogen and oxygen atoms in total. The molecule has 0 atom stereocenters. The summed E-state index contributed by atoms with van der Waals surface area (Å²) in [5, 5.41) is 3.60. The Kier molecular flexibility index (Phi) is 4.62. The minimum Gasteiger partial charge on any atom is -0.315 e. The Morgan fingerprint density at radius 3 is 2.26 bits per heavy atom. The van der Waals surface area contributed by atoms with Crippen LogP contribution < -0.4 is 5.32 Å². The van der Waals surface area contributed by atoms with Crippen molar-refractivity contribution in [1.82, 2.24) is 10.2 Å². The lowest BCUT2D eigenvalue weighted by molar-refractivity contribution is 0.0345. The third kappa shape index (κ3) is 3.72. The second-order valence-corrected chi connectivity index (χ2v) is 8.41. The Morgan fingerprint density at radius 2 is 1.68 bits per heavy atom. The van der Waals surface area contributed by atoms with Crippen LogP contribution in [-0.2, 0) is 0 Å². The zero-order valence-electron chi connectivity index (χ0n) is 13.8. The van der Waals surface area contributed by atoms with E-state index < -0.39 is 0 Å². The van der Waals surface area contributed by atoms with Gasteiger partial charge in [-0.15, -0.1) is 0 Å². The molecule has 19 heavy (non-hydrogen) atoms. The molecule has 2 fully saturated rings. The van der Waals surface area contributed by atoms with Crippen LogP contribution in [0.2, 0.25) is 0 Å². The zero-order valence-corrected chi connectivity index (χ0v) is 13.8. The molecule has 0 amide bonds. The molecule has 1 heterocycles. The van der Waals surface area contributed by atoms with Crippen LogP contribution in [0.25, 0.3) is 0 Å². The van der Waals surface area contributed by atoms with Crippen LogP contribution in [-0.4, -0.2) is 36.1 Å². The Bertz CT molecular complexity index is 282. The van der Waals surface area contributed by atoms with Gasteiger partial charge in [0.25, 0.3) is 0 Å². The molecule has 1 N–H and O–H groups in total. The lowest BCUT2D eigenvalue weighted by Gasteiger charge is -2.47. The summed E-state index contributed by atoms with van der Waals surface area (Å²) >= 11 is 0. The van der Waals surface area contributed by atoms with Crippen molar-refractivity contribution >= 4 is 0 Å². The Balaban J connectivity index is 1.96. The first kappa shape index (κ1) is 15.3. The average molecular weight is 266 g/mol. The van der Waals surface area contributed by atoms with E-state index in [1.165, 1.54) is 45.2 Å². The van der Waals surface area contributed by atoms with Crippen molar-refractivity contribution in [3.05, 3.63) is 0 Å². The molecule has 0 unspecified atom stereocenters. The highest BCUT2D eigenvalue weighted by Gasteiger charge is 2.37. The van der Waals surface area contributed by atoms with Gasteiger partial charge < -0.3 is 5.32 Å². The van der Waals surface area contributed by atoms with Gasteiger partial charge in [0.1, 0.15) is 0 Å². The van der Waals surface area contributed by atoms with Crippen LogP contribution in [0, 0.1) is 11.3 Å². The molecule has 0 spiro atoms. The molecule has 0 aromatic heterocycles. The molecule has 1 aliphatic carbocycles. The van der Waals surface area contributed by atoms with Crippen LogP contribution in [0.3, 0.4) is 0 Å². The van der Waals surface area contributed by atoms with Crippen molar-refractivity contribution in [3.8, 4) is 0 Å². The minimum absolute atomic E-state index is 0.329. The van der Waals surface area contributed by atoms with E-state index in [9.17, 15) is 0 Å². The van der Waals surface area contributed by atoms with Crippen molar-refractivity contribution in [3.63, 3.8) is 0 Å². The van der Waals surface area contributed by atoms with Crippen molar-refractivity contribution in [2.75, 3.05) is 19.6 Å². The summed E-state index contributed by atoms with van der Waals surface area (Å²) in [7, 11) is 0. The fourth-order valence-electron chi connectivity index (χ4n) is 4.10. The first-order valence-electron chi connectivity index (χ1n) is 8.28. The summed E-state index contributed by atoms with van der Waals surface area (Å²) in [4.78, 5) is 2.81. The third-order valence-electron chi connectivity index (χ3n) is 5.45. The normalized spacial score (nSPS) is 33.9. The second kappa shape index (κ2) is 5.73. The lowest BCUT2D eigenvalue weighted by Crippen LogP contribution is -2.54. The quantitative estimate of drug-likeness (QED) is 0.779. The van der Waals surface area contributed by atoms with Gasteiger partial charge in [0, 0.05) is 24.7 Å². The number of nitrogens with zero attached hydrogens (tertiary/aromatic N) is 1. The Labute approximate surface area is 120 Å². The smallest absolute Gasteiger partial charge is 0.0280 e. The zero-order chi connectivity index (χ0) is 14.1. The highest BCUT2D eigenvalue weighted by Crippen LogP contribution is 2.40. The van der Waals surface area contributed by atoms with Gasteiger partial charge in [-0.2, -0.15) is 0 Å². The second-order valence-electron chi connectivity index (χ2n) is 8.41. The van der Waals surface area contributed by atoms with E-state index in [0.29, 0.717) is 11.0 Å². The first-order chi connectivity index (χ1) is 8.81. The largest absolute Gasteiger partial charge is 0.315 e. The molecule has 1 saturated carbocycles. The molecular formula is C17H34N2. The summed E-state index contributed by atoms with van der Waals surface area (Å²) < 4.78 is 0. The number of hydrogen-bond acceptors (Lipinski definition) is 2. The molecule has 0 aromatic rings. The number of rotatable bonds is 1. The highest BCUT2D eigenvalue weighted by atomic mass is 15.2. The fourth-order valence-corrected chi connectivity index (χ4v) is 4.10. The number of hydrogen-bond donors (Lipinski definition) is 1. The molecule has 2 aliphatic rings.